The lowest BCUT2D eigenvalue weighted by Gasteiger charge is -2.37. The summed E-state index contributed by atoms with van der Waals surface area (Å²) in [6.07, 6.45) is 0.942. The predicted molar refractivity (Wildman–Crippen MR) is 78.1 cm³/mol. The van der Waals surface area contributed by atoms with Crippen molar-refractivity contribution in [3.05, 3.63) is 12.2 Å². The Morgan fingerprint density at radius 3 is 2.83 bits per heavy atom. The van der Waals surface area contributed by atoms with Crippen molar-refractivity contribution in [3.8, 4) is 0 Å². The van der Waals surface area contributed by atoms with E-state index in [1.165, 1.54) is 0 Å². The van der Waals surface area contributed by atoms with Gasteiger partial charge in [0.05, 0.1) is 12.5 Å². The first-order valence-electron chi connectivity index (χ1n) is 8.16. The van der Waals surface area contributed by atoms with Crippen molar-refractivity contribution in [1.29, 1.82) is 0 Å². The van der Waals surface area contributed by atoms with Crippen LogP contribution < -0.4 is 0 Å². The Labute approximate surface area is 135 Å². The molecule has 0 aromatic carbocycles. The highest BCUT2D eigenvalue weighted by atomic mass is 16.8. The van der Waals surface area contributed by atoms with E-state index in [1.807, 2.05) is 0 Å². The van der Waals surface area contributed by atoms with E-state index in [-0.39, 0.29) is 29.8 Å². The summed E-state index contributed by atoms with van der Waals surface area (Å²) in [5.41, 5.74) is -0.497. The Hall–Kier alpha value is -1.40. The fourth-order valence-electron chi connectivity index (χ4n) is 4.51. The largest absolute Gasteiger partial charge is 0.456 e. The van der Waals surface area contributed by atoms with Gasteiger partial charge in [0.25, 0.3) is 0 Å². The summed E-state index contributed by atoms with van der Waals surface area (Å²) in [5.74, 6) is -1.04. The van der Waals surface area contributed by atoms with Crippen molar-refractivity contribution in [1.82, 2.24) is 0 Å². The van der Waals surface area contributed by atoms with Crippen molar-refractivity contribution < 1.29 is 28.5 Å². The molecule has 6 unspecified atom stereocenters. The normalized spacial score (nSPS) is 44.0. The van der Waals surface area contributed by atoms with Crippen LogP contribution in [0.15, 0.2) is 12.2 Å². The van der Waals surface area contributed by atoms with E-state index in [4.69, 9.17) is 18.9 Å². The fourth-order valence-corrected chi connectivity index (χ4v) is 4.51. The molecule has 2 aliphatic carbocycles. The second-order valence-electron chi connectivity index (χ2n) is 7.71. The average molecular weight is 322 g/mol. The second-order valence-corrected chi connectivity index (χ2v) is 7.71. The number of ether oxygens (including phenoxy) is 4. The molecule has 2 heterocycles. The summed E-state index contributed by atoms with van der Waals surface area (Å²) < 4.78 is 23.4. The number of esters is 2. The molecule has 2 aliphatic heterocycles. The lowest BCUT2D eigenvalue weighted by Crippen LogP contribution is -2.50. The summed E-state index contributed by atoms with van der Waals surface area (Å²) in [5, 5.41) is 0. The molecule has 0 aromatic rings. The van der Waals surface area contributed by atoms with Crippen molar-refractivity contribution in [2.45, 2.75) is 57.2 Å². The molecular weight excluding hydrogens is 300 g/mol. The highest BCUT2D eigenvalue weighted by molar-refractivity contribution is 5.87. The van der Waals surface area contributed by atoms with Crippen molar-refractivity contribution in [2.75, 3.05) is 6.61 Å². The van der Waals surface area contributed by atoms with Gasteiger partial charge in [0.2, 0.25) is 5.79 Å². The summed E-state index contributed by atoms with van der Waals surface area (Å²) in [6, 6.07) is 0. The van der Waals surface area contributed by atoms with Crippen LogP contribution >= 0.6 is 0 Å². The molecule has 6 heteroatoms. The van der Waals surface area contributed by atoms with Gasteiger partial charge in [-0.25, -0.2) is 4.79 Å². The van der Waals surface area contributed by atoms with Crippen LogP contribution in [0.5, 0.6) is 0 Å². The molecule has 23 heavy (non-hydrogen) atoms. The molecule has 0 amide bonds. The van der Waals surface area contributed by atoms with E-state index in [0.29, 0.717) is 12.2 Å². The molecule has 1 spiro atoms. The Bertz CT molecular complexity index is 596. The third-order valence-electron chi connectivity index (χ3n) is 5.78. The minimum atomic E-state index is -0.856. The van der Waals surface area contributed by atoms with E-state index in [0.717, 1.165) is 12.8 Å². The molecule has 6 atom stereocenters. The molecule has 0 radical (unpaired) electrons. The van der Waals surface area contributed by atoms with Crippen LogP contribution in [0.25, 0.3) is 0 Å². The van der Waals surface area contributed by atoms with Gasteiger partial charge in [0.1, 0.15) is 11.7 Å². The highest BCUT2D eigenvalue weighted by Gasteiger charge is 2.73. The molecule has 4 fully saturated rings. The van der Waals surface area contributed by atoms with Crippen molar-refractivity contribution >= 4 is 11.9 Å². The maximum atomic E-state index is 11.9. The lowest BCUT2D eigenvalue weighted by molar-refractivity contribution is -0.255. The van der Waals surface area contributed by atoms with Crippen LogP contribution in [0.3, 0.4) is 0 Å². The summed E-state index contributed by atoms with van der Waals surface area (Å²) >= 11 is 0. The van der Waals surface area contributed by atoms with E-state index in [9.17, 15) is 9.59 Å². The number of hydrogen-bond acceptors (Lipinski definition) is 6. The van der Waals surface area contributed by atoms with Gasteiger partial charge in [-0.3, -0.25) is 4.79 Å². The first kappa shape index (κ1) is 15.1. The Balaban J connectivity index is 1.53. The number of carbonyl (C=O) groups excluding carboxylic acids is 2. The Kier molecular flexibility index (Phi) is 3.01. The fraction of sp³-hybridized carbons (Fsp3) is 0.765. The molecule has 126 valence electrons. The molecule has 2 saturated heterocycles. The first-order chi connectivity index (χ1) is 10.7. The standard InChI is InChI=1S/C17H22O6/c1-8(2)14(18)23-16(3,4)12-7-20-17(22-12)9-5-10-11(6-9)15(19)21-13(10)17/h9-13H,1,5-7H2,2-4H3. The number of rotatable bonds is 3. The molecule has 2 bridgehead atoms. The number of fused-ring (bicyclic) bond motifs is 3. The zero-order valence-corrected chi connectivity index (χ0v) is 13.7. The van der Waals surface area contributed by atoms with Crippen LogP contribution in [-0.4, -0.2) is 42.1 Å². The smallest absolute Gasteiger partial charge is 0.333 e. The van der Waals surface area contributed by atoms with Gasteiger partial charge in [-0.05, 0) is 33.6 Å². The second kappa shape index (κ2) is 4.57. The van der Waals surface area contributed by atoms with Crippen LogP contribution in [0.2, 0.25) is 0 Å². The van der Waals surface area contributed by atoms with Crippen LogP contribution in [-0.2, 0) is 28.5 Å². The number of carbonyl (C=O) groups is 2. The minimum Gasteiger partial charge on any atom is -0.456 e. The van der Waals surface area contributed by atoms with Crippen LogP contribution in [0, 0.1) is 17.8 Å². The van der Waals surface area contributed by atoms with Gasteiger partial charge in [-0.2, -0.15) is 0 Å². The van der Waals surface area contributed by atoms with Gasteiger partial charge < -0.3 is 18.9 Å². The molecule has 6 nitrogen and oxygen atoms in total. The van der Waals surface area contributed by atoms with Crippen LogP contribution in [0.4, 0.5) is 0 Å². The predicted octanol–water partition coefficient (Wildman–Crippen LogP) is 1.58. The molecule has 2 saturated carbocycles. The first-order valence-corrected chi connectivity index (χ1v) is 8.16. The van der Waals surface area contributed by atoms with Gasteiger partial charge in [-0.15, -0.1) is 0 Å². The SMILES string of the molecule is C=C(C)C(=O)OC(C)(C)C1COC2(O1)C1CC3C(=O)OC2C3C1. The molecule has 4 rings (SSSR count). The average Bonchev–Trinajstić information content (AvgIpc) is 3.16. The molecule has 4 aliphatic rings. The molecule has 0 aromatic heterocycles. The monoisotopic (exact) mass is 322 g/mol. The zero-order valence-electron chi connectivity index (χ0n) is 13.7. The Morgan fingerprint density at radius 2 is 2.13 bits per heavy atom. The maximum Gasteiger partial charge on any atom is 0.333 e. The highest BCUT2D eigenvalue weighted by Crippen LogP contribution is 2.62. The van der Waals surface area contributed by atoms with Crippen molar-refractivity contribution in [3.63, 3.8) is 0 Å². The minimum absolute atomic E-state index is 0.0103. The zero-order chi connectivity index (χ0) is 16.6. The Morgan fingerprint density at radius 1 is 1.39 bits per heavy atom. The molecule has 0 N–H and O–H groups in total. The third-order valence-corrected chi connectivity index (χ3v) is 5.78. The third kappa shape index (κ3) is 1.94. The van der Waals surface area contributed by atoms with E-state index >= 15 is 0 Å². The lowest BCUT2D eigenvalue weighted by atomic mass is 9.85. The van der Waals surface area contributed by atoms with E-state index in [1.54, 1.807) is 20.8 Å². The van der Waals surface area contributed by atoms with Crippen LogP contribution in [0.1, 0.15) is 33.6 Å². The van der Waals surface area contributed by atoms with Gasteiger partial charge in [0, 0.05) is 17.4 Å². The van der Waals surface area contributed by atoms with Gasteiger partial charge in [-0.1, -0.05) is 6.58 Å². The van der Waals surface area contributed by atoms with E-state index < -0.39 is 23.5 Å². The quantitative estimate of drug-likeness (QED) is 0.580. The topological polar surface area (TPSA) is 71.1 Å². The van der Waals surface area contributed by atoms with E-state index in [2.05, 4.69) is 6.58 Å². The van der Waals surface area contributed by atoms with Crippen molar-refractivity contribution in [2.24, 2.45) is 17.8 Å². The maximum absolute atomic E-state index is 11.9. The summed E-state index contributed by atoms with van der Waals surface area (Å²) in [6.45, 7) is 9.14. The van der Waals surface area contributed by atoms with Gasteiger partial charge >= 0.3 is 11.9 Å². The summed E-state index contributed by atoms with van der Waals surface area (Å²) in [4.78, 5) is 23.8. The summed E-state index contributed by atoms with van der Waals surface area (Å²) in [7, 11) is 0. The number of hydrogen-bond donors (Lipinski definition) is 0. The molecular formula is C17H22O6. The van der Waals surface area contributed by atoms with Gasteiger partial charge in [0.15, 0.2) is 6.10 Å².